The Bertz CT molecular complexity index is 728. The van der Waals surface area contributed by atoms with Gasteiger partial charge in [0.2, 0.25) is 11.8 Å². The first-order valence-electron chi connectivity index (χ1n) is 9.69. The number of ether oxygens (including phenoxy) is 1. The van der Waals surface area contributed by atoms with Gasteiger partial charge in [0.05, 0.1) is 0 Å². The first-order chi connectivity index (χ1) is 13.1. The fraction of sp³-hybridized carbons (Fsp3) is 0.476. The fourth-order valence-corrected chi connectivity index (χ4v) is 3.17. The number of para-hydroxylation sites is 1. The summed E-state index contributed by atoms with van der Waals surface area (Å²) >= 11 is 0. The molecule has 2 aromatic rings. The summed E-state index contributed by atoms with van der Waals surface area (Å²) in [5.41, 5.74) is 0. The molecule has 1 aliphatic rings. The van der Waals surface area contributed by atoms with Gasteiger partial charge in [0.15, 0.2) is 0 Å². The summed E-state index contributed by atoms with van der Waals surface area (Å²) in [5.74, 6) is 3.01. The van der Waals surface area contributed by atoms with Crippen LogP contribution in [0.3, 0.4) is 0 Å². The van der Waals surface area contributed by atoms with Crippen LogP contribution < -0.4 is 15.0 Å². The topological polar surface area (TPSA) is 67.4 Å². The third-order valence-electron chi connectivity index (χ3n) is 4.80. The highest BCUT2D eigenvalue weighted by Gasteiger charge is 2.25. The van der Waals surface area contributed by atoms with E-state index in [0.29, 0.717) is 11.8 Å². The van der Waals surface area contributed by atoms with Crippen molar-refractivity contribution in [2.45, 2.75) is 33.1 Å². The Morgan fingerprint density at radius 3 is 2.67 bits per heavy atom. The molecule has 27 heavy (non-hydrogen) atoms. The Kier molecular flexibility index (Phi) is 6.63. The highest BCUT2D eigenvalue weighted by atomic mass is 16.5. The Hall–Kier alpha value is -2.63. The van der Waals surface area contributed by atoms with Gasteiger partial charge >= 0.3 is 0 Å². The SMILES string of the molecule is CC(C)CCNC(=O)C1CCN(c2cc(Oc3ccccc3)ncn2)CC1. The third-order valence-corrected chi connectivity index (χ3v) is 4.80. The van der Waals surface area contributed by atoms with E-state index in [0.717, 1.165) is 50.5 Å². The summed E-state index contributed by atoms with van der Waals surface area (Å²) < 4.78 is 5.79. The second-order valence-corrected chi connectivity index (χ2v) is 7.36. The standard InChI is InChI=1S/C21H28N4O2/c1-16(2)8-11-22-21(26)17-9-12-25(13-10-17)19-14-20(24-15-23-19)27-18-6-4-3-5-7-18/h3-7,14-17H,8-13H2,1-2H3,(H,22,26). The second kappa shape index (κ2) is 9.35. The number of hydrogen-bond acceptors (Lipinski definition) is 5. The Morgan fingerprint density at radius 2 is 1.96 bits per heavy atom. The van der Waals surface area contributed by atoms with Gasteiger partial charge in [-0.15, -0.1) is 0 Å². The molecule has 0 bridgehead atoms. The van der Waals surface area contributed by atoms with Crippen LogP contribution in [0.1, 0.15) is 33.1 Å². The first-order valence-corrected chi connectivity index (χ1v) is 9.69. The van der Waals surface area contributed by atoms with Crippen molar-refractivity contribution in [1.82, 2.24) is 15.3 Å². The van der Waals surface area contributed by atoms with Gasteiger partial charge in [0.25, 0.3) is 0 Å². The van der Waals surface area contributed by atoms with E-state index < -0.39 is 0 Å². The average Bonchev–Trinajstić information content (AvgIpc) is 2.69. The number of aromatic nitrogens is 2. The van der Waals surface area contributed by atoms with E-state index in [-0.39, 0.29) is 11.8 Å². The van der Waals surface area contributed by atoms with Crippen molar-refractivity contribution in [3.63, 3.8) is 0 Å². The number of amides is 1. The predicted octanol–water partition coefficient (Wildman–Crippen LogP) is 3.65. The average molecular weight is 368 g/mol. The molecule has 1 fully saturated rings. The second-order valence-electron chi connectivity index (χ2n) is 7.36. The summed E-state index contributed by atoms with van der Waals surface area (Å²) in [6, 6.07) is 11.4. The van der Waals surface area contributed by atoms with E-state index in [1.807, 2.05) is 36.4 Å². The van der Waals surface area contributed by atoms with E-state index in [4.69, 9.17) is 4.74 Å². The molecule has 0 atom stereocenters. The summed E-state index contributed by atoms with van der Waals surface area (Å²) in [6.45, 7) is 6.72. The van der Waals surface area contributed by atoms with Gasteiger partial charge in [-0.25, -0.2) is 9.97 Å². The van der Waals surface area contributed by atoms with Crippen LogP contribution in [0.25, 0.3) is 0 Å². The van der Waals surface area contributed by atoms with Crippen LogP contribution in [0.4, 0.5) is 5.82 Å². The molecule has 1 amide bonds. The highest BCUT2D eigenvalue weighted by Crippen LogP contribution is 2.25. The van der Waals surface area contributed by atoms with Crippen molar-refractivity contribution in [2.24, 2.45) is 11.8 Å². The van der Waals surface area contributed by atoms with E-state index >= 15 is 0 Å². The van der Waals surface area contributed by atoms with Gasteiger partial charge in [0, 0.05) is 31.6 Å². The van der Waals surface area contributed by atoms with E-state index in [9.17, 15) is 4.79 Å². The quantitative estimate of drug-likeness (QED) is 0.808. The predicted molar refractivity (Wildman–Crippen MR) is 106 cm³/mol. The molecule has 0 aliphatic carbocycles. The summed E-state index contributed by atoms with van der Waals surface area (Å²) in [7, 11) is 0. The molecule has 1 aromatic heterocycles. The summed E-state index contributed by atoms with van der Waals surface area (Å²) in [5, 5.41) is 3.07. The minimum Gasteiger partial charge on any atom is -0.439 e. The van der Waals surface area contributed by atoms with Gasteiger partial charge in [0.1, 0.15) is 17.9 Å². The lowest BCUT2D eigenvalue weighted by Crippen LogP contribution is -2.41. The van der Waals surface area contributed by atoms with Gasteiger partial charge in [-0.2, -0.15) is 0 Å². The minimum atomic E-state index is 0.0929. The Morgan fingerprint density at radius 1 is 1.22 bits per heavy atom. The van der Waals surface area contributed by atoms with Gasteiger partial charge < -0.3 is 15.0 Å². The lowest BCUT2D eigenvalue weighted by Gasteiger charge is -2.32. The monoisotopic (exact) mass is 368 g/mol. The smallest absolute Gasteiger partial charge is 0.224 e. The molecule has 0 saturated carbocycles. The number of anilines is 1. The molecular weight excluding hydrogens is 340 g/mol. The van der Waals surface area contributed by atoms with Crippen LogP contribution in [-0.4, -0.2) is 35.5 Å². The van der Waals surface area contributed by atoms with Crippen LogP contribution in [0.15, 0.2) is 42.7 Å². The maximum Gasteiger partial charge on any atom is 0.224 e. The normalized spacial score (nSPS) is 15.0. The van der Waals surface area contributed by atoms with Crippen LogP contribution in [-0.2, 0) is 4.79 Å². The number of benzene rings is 1. The maximum atomic E-state index is 12.3. The van der Waals surface area contributed by atoms with E-state index in [1.54, 1.807) is 0 Å². The molecule has 1 aliphatic heterocycles. The van der Waals surface area contributed by atoms with Crippen molar-refractivity contribution in [3.05, 3.63) is 42.7 Å². The summed E-state index contributed by atoms with van der Waals surface area (Å²) in [4.78, 5) is 23.1. The molecular formula is C21H28N4O2. The number of nitrogens with zero attached hydrogens (tertiary/aromatic N) is 3. The summed E-state index contributed by atoms with van der Waals surface area (Å²) in [6.07, 6.45) is 4.23. The largest absolute Gasteiger partial charge is 0.439 e. The lowest BCUT2D eigenvalue weighted by molar-refractivity contribution is -0.125. The fourth-order valence-electron chi connectivity index (χ4n) is 3.17. The van der Waals surface area contributed by atoms with Crippen molar-refractivity contribution in [1.29, 1.82) is 0 Å². The zero-order valence-electron chi connectivity index (χ0n) is 16.1. The molecule has 2 heterocycles. The van der Waals surface area contributed by atoms with E-state index in [1.165, 1.54) is 6.33 Å². The number of hydrogen-bond donors (Lipinski definition) is 1. The maximum absolute atomic E-state index is 12.3. The van der Waals surface area contributed by atoms with Crippen LogP contribution in [0, 0.1) is 11.8 Å². The first kappa shape index (κ1) is 19.1. The third kappa shape index (κ3) is 5.67. The molecule has 144 valence electrons. The lowest BCUT2D eigenvalue weighted by atomic mass is 9.96. The number of piperidine rings is 1. The number of carbonyl (C=O) groups is 1. The van der Waals surface area contributed by atoms with Gasteiger partial charge in [-0.1, -0.05) is 32.0 Å². The van der Waals surface area contributed by atoms with E-state index in [2.05, 4.69) is 34.0 Å². The molecule has 0 spiro atoms. The Labute approximate surface area is 161 Å². The van der Waals surface area contributed by atoms with Crippen LogP contribution >= 0.6 is 0 Å². The molecule has 0 unspecified atom stereocenters. The number of nitrogens with one attached hydrogen (secondary N) is 1. The van der Waals surface area contributed by atoms with Crippen molar-refractivity contribution < 1.29 is 9.53 Å². The zero-order valence-corrected chi connectivity index (χ0v) is 16.1. The minimum absolute atomic E-state index is 0.0929. The molecule has 1 saturated heterocycles. The molecule has 6 nitrogen and oxygen atoms in total. The van der Waals surface area contributed by atoms with Crippen molar-refractivity contribution in [3.8, 4) is 11.6 Å². The van der Waals surface area contributed by atoms with Crippen molar-refractivity contribution in [2.75, 3.05) is 24.5 Å². The van der Waals surface area contributed by atoms with Gasteiger partial charge in [-0.3, -0.25) is 4.79 Å². The van der Waals surface area contributed by atoms with Crippen LogP contribution in [0.5, 0.6) is 11.6 Å². The number of carbonyl (C=O) groups excluding carboxylic acids is 1. The highest BCUT2D eigenvalue weighted by molar-refractivity contribution is 5.78. The zero-order chi connectivity index (χ0) is 19.1. The van der Waals surface area contributed by atoms with Gasteiger partial charge in [-0.05, 0) is 37.3 Å². The molecule has 0 radical (unpaired) electrons. The molecule has 1 N–H and O–H groups in total. The van der Waals surface area contributed by atoms with Crippen LogP contribution in [0.2, 0.25) is 0 Å². The van der Waals surface area contributed by atoms with Crippen molar-refractivity contribution >= 4 is 11.7 Å². The number of rotatable bonds is 7. The molecule has 6 heteroatoms. The molecule has 1 aromatic carbocycles. The molecule has 3 rings (SSSR count). The Balaban J connectivity index is 1.52.